The van der Waals surface area contributed by atoms with Gasteiger partial charge in [0.25, 0.3) is 0 Å². The highest BCUT2D eigenvalue weighted by Gasteiger charge is 2.40. The van der Waals surface area contributed by atoms with Crippen LogP contribution in [-0.4, -0.2) is 54.2 Å². The van der Waals surface area contributed by atoms with Crippen LogP contribution in [0.15, 0.2) is 42.7 Å². The number of nitrogens with zero attached hydrogens (tertiary/aromatic N) is 5. The van der Waals surface area contributed by atoms with Crippen LogP contribution in [-0.2, 0) is 0 Å². The van der Waals surface area contributed by atoms with Crippen LogP contribution in [0.5, 0.6) is 0 Å². The Kier molecular flexibility index (Phi) is 4.75. The Labute approximate surface area is 183 Å². The Hall–Kier alpha value is -2.73. The largest absolute Gasteiger partial charge is 0.372 e. The van der Waals surface area contributed by atoms with E-state index >= 15 is 0 Å². The van der Waals surface area contributed by atoms with E-state index in [1.54, 1.807) is 12.4 Å². The second kappa shape index (κ2) is 7.75. The lowest BCUT2D eigenvalue weighted by molar-refractivity contribution is 0.239. The lowest BCUT2D eigenvalue weighted by atomic mass is 9.80. The Morgan fingerprint density at radius 1 is 0.871 bits per heavy atom. The van der Waals surface area contributed by atoms with Crippen LogP contribution in [0.25, 0.3) is 22.3 Å². The zero-order valence-electron chi connectivity index (χ0n) is 18.1. The van der Waals surface area contributed by atoms with E-state index in [1.807, 2.05) is 0 Å². The number of hydrogen-bond donors (Lipinski definition) is 1. The molecule has 160 valence electrons. The van der Waals surface area contributed by atoms with Crippen molar-refractivity contribution in [2.75, 3.05) is 49.1 Å². The van der Waals surface area contributed by atoms with Gasteiger partial charge in [0.15, 0.2) is 5.82 Å². The second-order valence-corrected chi connectivity index (χ2v) is 9.45. The maximum Gasteiger partial charge on any atom is 0.157 e. The van der Waals surface area contributed by atoms with Crippen molar-refractivity contribution in [3.05, 3.63) is 42.7 Å². The number of benzene rings is 1. The Morgan fingerprint density at radius 2 is 1.71 bits per heavy atom. The number of anilines is 2. The van der Waals surface area contributed by atoms with Crippen molar-refractivity contribution in [1.82, 2.24) is 20.3 Å². The lowest BCUT2D eigenvalue weighted by Crippen LogP contribution is -2.42. The number of aromatic nitrogens is 3. The maximum atomic E-state index is 5.15. The third-order valence-electron chi connectivity index (χ3n) is 7.37. The van der Waals surface area contributed by atoms with Crippen molar-refractivity contribution in [2.24, 2.45) is 5.41 Å². The zero-order valence-corrected chi connectivity index (χ0v) is 18.1. The Bertz CT molecular complexity index is 1070. The molecule has 3 aromatic rings. The molecule has 6 nitrogen and oxygen atoms in total. The van der Waals surface area contributed by atoms with Gasteiger partial charge in [-0.25, -0.2) is 9.97 Å². The summed E-state index contributed by atoms with van der Waals surface area (Å²) in [5.74, 6) is 0.992. The summed E-state index contributed by atoms with van der Waals surface area (Å²) in [4.78, 5) is 19.4. The third-order valence-corrected chi connectivity index (χ3v) is 7.37. The number of rotatable bonds is 3. The van der Waals surface area contributed by atoms with Gasteiger partial charge < -0.3 is 15.1 Å². The standard InChI is InChI=1S/C25H30N6/c1-2-14-30(13-1)20-6-4-19(5-7-20)21-16-22-23(28-12-11-27-22)24(29-21)31-15-9-25(18-31)8-3-10-26-17-25/h4-7,11-12,16,26H,1-3,8-10,13-15,17-18H2. The van der Waals surface area contributed by atoms with Gasteiger partial charge in [-0.1, -0.05) is 12.1 Å². The first-order chi connectivity index (χ1) is 15.3. The Balaban J connectivity index is 1.35. The number of hydrogen-bond acceptors (Lipinski definition) is 6. The van der Waals surface area contributed by atoms with E-state index in [4.69, 9.17) is 4.98 Å². The van der Waals surface area contributed by atoms with Gasteiger partial charge in [0, 0.05) is 61.8 Å². The van der Waals surface area contributed by atoms with E-state index in [1.165, 1.54) is 50.9 Å². The molecule has 1 aromatic carbocycles. The summed E-state index contributed by atoms with van der Waals surface area (Å²) in [6.45, 7) is 6.69. The summed E-state index contributed by atoms with van der Waals surface area (Å²) in [7, 11) is 0. The molecule has 0 amide bonds. The van der Waals surface area contributed by atoms with Crippen LogP contribution in [0.1, 0.15) is 32.1 Å². The monoisotopic (exact) mass is 414 g/mol. The molecule has 6 rings (SSSR count). The van der Waals surface area contributed by atoms with Crippen molar-refractivity contribution in [3.63, 3.8) is 0 Å². The van der Waals surface area contributed by atoms with Crippen molar-refractivity contribution < 1.29 is 0 Å². The fourth-order valence-electron chi connectivity index (χ4n) is 5.64. The molecule has 3 fully saturated rings. The second-order valence-electron chi connectivity index (χ2n) is 9.45. The van der Waals surface area contributed by atoms with Gasteiger partial charge in [-0.15, -0.1) is 0 Å². The molecular formula is C25H30N6. The zero-order chi connectivity index (χ0) is 20.7. The molecule has 0 bridgehead atoms. The normalized spacial score (nSPS) is 23.9. The number of piperidine rings is 1. The SMILES string of the molecule is c1cnc2c(N3CCC4(CCCNC4)C3)nc(-c3ccc(N4CCCC4)cc3)cc2n1. The van der Waals surface area contributed by atoms with Crippen LogP contribution in [0.4, 0.5) is 11.5 Å². The highest BCUT2D eigenvalue weighted by molar-refractivity contribution is 5.89. The predicted molar refractivity (Wildman–Crippen MR) is 126 cm³/mol. The first-order valence-electron chi connectivity index (χ1n) is 11.7. The average Bonchev–Trinajstić information content (AvgIpc) is 3.50. The van der Waals surface area contributed by atoms with Gasteiger partial charge in [-0.05, 0) is 56.8 Å². The van der Waals surface area contributed by atoms with Crippen molar-refractivity contribution in [1.29, 1.82) is 0 Å². The third kappa shape index (κ3) is 3.53. The highest BCUT2D eigenvalue weighted by atomic mass is 15.2. The smallest absolute Gasteiger partial charge is 0.157 e. The lowest BCUT2D eigenvalue weighted by Gasteiger charge is -2.34. The molecule has 3 aliphatic rings. The minimum Gasteiger partial charge on any atom is -0.372 e. The molecule has 1 atom stereocenters. The van der Waals surface area contributed by atoms with Crippen LogP contribution in [0.2, 0.25) is 0 Å². The maximum absolute atomic E-state index is 5.15. The molecule has 0 saturated carbocycles. The summed E-state index contributed by atoms with van der Waals surface area (Å²) in [6.07, 6.45) is 9.95. The van der Waals surface area contributed by atoms with Crippen molar-refractivity contribution in [3.8, 4) is 11.3 Å². The molecule has 0 radical (unpaired) electrons. The molecule has 5 heterocycles. The minimum atomic E-state index is 0.377. The summed E-state index contributed by atoms with van der Waals surface area (Å²) in [6, 6.07) is 11.0. The van der Waals surface area contributed by atoms with E-state index in [9.17, 15) is 0 Å². The predicted octanol–water partition coefficient (Wildman–Crippen LogP) is 3.87. The summed E-state index contributed by atoms with van der Waals surface area (Å²) >= 11 is 0. The molecule has 3 saturated heterocycles. The van der Waals surface area contributed by atoms with E-state index < -0.39 is 0 Å². The fraction of sp³-hybridized carbons (Fsp3) is 0.480. The van der Waals surface area contributed by atoms with Gasteiger partial charge in [-0.3, -0.25) is 4.98 Å². The molecule has 1 unspecified atom stereocenters. The van der Waals surface area contributed by atoms with Crippen molar-refractivity contribution in [2.45, 2.75) is 32.1 Å². The molecule has 0 aliphatic carbocycles. The minimum absolute atomic E-state index is 0.377. The molecule has 31 heavy (non-hydrogen) atoms. The first kappa shape index (κ1) is 19.0. The van der Waals surface area contributed by atoms with E-state index in [2.05, 4.69) is 55.4 Å². The quantitative estimate of drug-likeness (QED) is 0.702. The van der Waals surface area contributed by atoms with Crippen LogP contribution >= 0.6 is 0 Å². The summed E-state index contributed by atoms with van der Waals surface area (Å²) < 4.78 is 0. The van der Waals surface area contributed by atoms with Crippen LogP contribution < -0.4 is 15.1 Å². The Morgan fingerprint density at radius 3 is 2.52 bits per heavy atom. The number of nitrogens with one attached hydrogen (secondary N) is 1. The van der Waals surface area contributed by atoms with E-state index in [0.29, 0.717) is 5.41 Å². The van der Waals surface area contributed by atoms with Crippen molar-refractivity contribution >= 4 is 22.5 Å². The van der Waals surface area contributed by atoms with Gasteiger partial charge in [0.1, 0.15) is 5.52 Å². The average molecular weight is 415 g/mol. The fourth-order valence-corrected chi connectivity index (χ4v) is 5.64. The van der Waals surface area contributed by atoms with E-state index in [0.717, 1.165) is 54.3 Å². The van der Waals surface area contributed by atoms with Gasteiger partial charge >= 0.3 is 0 Å². The molecule has 3 aliphatic heterocycles. The molecular weight excluding hydrogens is 384 g/mol. The first-order valence-corrected chi connectivity index (χ1v) is 11.7. The van der Waals surface area contributed by atoms with Gasteiger partial charge in [0.05, 0.1) is 11.2 Å². The number of pyridine rings is 1. The summed E-state index contributed by atoms with van der Waals surface area (Å²) in [5, 5.41) is 3.61. The number of fused-ring (bicyclic) bond motifs is 1. The van der Waals surface area contributed by atoms with Gasteiger partial charge in [-0.2, -0.15) is 0 Å². The topological polar surface area (TPSA) is 57.2 Å². The molecule has 1 N–H and O–H groups in total. The van der Waals surface area contributed by atoms with Gasteiger partial charge in [0.2, 0.25) is 0 Å². The molecule has 6 heteroatoms. The van der Waals surface area contributed by atoms with E-state index in [-0.39, 0.29) is 0 Å². The van der Waals surface area contributed by atoms with Crippen LogP contribution in [0, 0.1) is 5.41 Å². The molecule has 1 spiro atoms. The summed E-state index contributed by atoms with van der Waals surface area (Å²) in [5.41, 5.74) is 5.66. The molecule has 2 aromatic heterocycles. The highest BCUT2D eigenvalue weighted by Crippen LogP contribution is 2.40. The van der Waals surface area contributed by atoms with Crippen LogP contribution in [0.3, 0.4) is 0 Å².